The number of alkyl carbamates (subject to hydrolysis) is 1. The number of rotatable bonds is 3. The standard InChI is InChI=1S/C17H16BrNO3/c18-14-7-6-13-8-15(11-21-16(13)9-14)19-17(20)22-10-12-4-2-1-3-5-12/h1-7,9,15H,8,10-11H2,(H,19,20)/t15-/m1/s1. The van der Waals surface area contributed by atoms with Crippen molar-refractivity contribution in [1.29, 1.82) is 0 Å². The van der Waals surface area contributed by atoms with E-state index in [-0.39, 0.29) is 12.6 Å². The smallest absolute Gasteiger partial charge is 0.407 e. The third kappa shape index (κ3) is 3.80. The Morgan fingerprint density at radius 3 is 2.91 bits per heavy atom. The van der Waals surface area contributed by atoms with E-state index in [4.69, 9.17) is 9.47 Å². The van der Waals surface area contributed by atoms with Gasteiger partial charge < -0.3 is 14.8 Å². The highest BCUT2D eigenvalue weighted by Gasteiger charge is 2.22. The van der Waals surface area contributed by atoms with Crippen molar-refractivity contribution in [2.75, 3.05) is 6.61 Å². The number of ether oxygens (including phenoxy) is 2. The average molecular weight is 362 g/mol. The monoisotopic (exact) mass is 361 g/mol. The van der Waals surface area contributed by atoms with Gasteiger partial charge in [-0.05, 0) is 29.7 Å². The Labute approximate surface area is 137 Å². The second kappa shape index (κ2) is 6.83. The van der Waals surface area contributed by atoms with E-state index in [0.29, 0.717) is 6.61 Å². The predicted molar refractivity (Wildman–Crippen MR) is 86.9 cm³/mol. The summed E-state index contributed by atoms with van der Waals surface area (Å²) in [7, 11) is 0. The number of amides is 1. The molecule has 3 rings (SSSR count). The van der Waals surface area contributed by atoms with Gasteiger partial charge in [-0.1, -0.05) is 52.3 Å². The summed E-state index contributed by atoms with van der Waals surface area (Å²) in [6.07, 6.45) is 0.321. The summed E-state index contributed by atoms with van der Waals surface area (Å²) < 4.78 is 11.9. The summed E-state index contributed by atoms with van der Waals surface area (Å²) in [6, 6.07) is 15.5. The van der Waals surface area contributed by atoms with Gasteiger partial charge in [0, 0.05) is 4.47 Å². The average Bonchev–Trinajstić information content (AvgIpc) is 2.54. The molecule has 2 aromatic rings. The molecule has 1 aliphatic heterocycles. The van der Waals surface area contributed by atoms with Gasteiger partial charge >= 0.3 is 6.09 Å². The molecule has 1 amide bonds. The van der Waals surface area contributed by atoms with Crippen LogP contribution >= 0.6 is 15.9 Å². The van der Waals surface area contributed by atoms with Crippen molar-refractivity contribution in [3.8, 4) is 5.75 Å². The van der Waals surface area contributed by atoms with Crippen molar-refractivity contribution in [2.24, 2.45) is 0 Å². The van der Waals surface area contributed by atoms with E-state index in [1.54, 1.807) is 0 Å². The molecule has 0 saturated carbocycles. The minimum Gasteiger partial charge on any atom is -0.491 e. The first kappa shape index (κ1) is 14.9. The first-order valence-electron chi connectivity index (χ1n) is 7.09. The van der Waals surface area contributed by atoms with Crippen LogP contribution in [0.1, 0.15) is 11.1 Å². The maximum atomic E-state index is 11.9. The number of carbonyl (C=O) groups excluding carboxylic acids is 1. The van der Waals surface area contributed by atoms with E-state index in [9.17, 15) is 4.79 Å². The van der Waals surface area contributed by atoms with Gasteiger partial charge in [-0.2, -0.15) is 0 Å². The van der Waals surface area contributed by atoms with Crippen molar-refractivity contribution in [1.82, 2.24) is 5.32 Å². The molecular formula is C17H16BrNO3. The number of fused-ring (bicyclic) bond motifs is 1. The zero-order chi connectivity index (χ0) is 15.4. The fraction of sp³-hybridized carbons (Fsp3) is 0.235. The molecule has 2 aromatic carbocycles. The maximum absolute atomic E-state index is 11.9. The van der Waals surface area contributed by atoms with Gasteiger partial charge in [0.1, 0.15) is 19.0 Å². The molecule has 1 aliphatic rings. The zero-order valence-electron chi connectivity index (χ0n) is 11.9. The summed E-state index contributed by atoms with van der Waals surface area (Å²) in [5, 5.41) is 2.85. The SMILES string of the molecule is O=C(N[C@H]1COc2cc(Br)ccc2C1)OCc1ccccc1. The lowest BCUT2D eigenvalue weighted by atomic mass is 10.0. The van der Waals surface area contributed by atoms with E-state index in [2.05, 4.69) is 21.2 Å². The molecule has 0 fully saturated rings. The topological polar surface area (TPSA) is 47.6 Å². The molecule has 0 saturated heterocycles. The number of halogens is 1. The predicted octanol–water partition coefficient (Wildman–Crippen LogP) is 3.68. The van der Waals surface area contributed by atoms with Crippen molar-refractivity contribution < 1.29 is 14.3 Å². The lowest BCUT2D eigenvalue weighted by Crippen LogP contribution is -2.42. The molecule has 0 unspecified atom stereocenters. The van der Waals surface area contributed by atoms with Gasteiger partial charge in [-0.15, -0.1) is 0 Å². The molecule has 0 radical (unpaired) electrons. The Kier molecular flexibility index (Phi) is 4.63. The van der Waals surface area contributed by atoms with E-state index in [0.717, 1.165) is 27.8 Å². The van der Waals surface area contributed by atoms with E-state index >= 15 is 0 Å². The number of nitrogens with one attached hydrogen (secondary N) is 1. The van der Waals surface area contributed by atoms with Crippen molar-refractivity contribution in [3.05, 3.63) is 64.1 Å². The molecular weight excluding hydrogens is 346 g/mol. The van der Waals surface area contributed by atoms with Crippen LogP contribution < -0.4 is 10.1 Å². The molecule has 4 nitrogen and oxygen atoms in total. The summed E-state index contributed by atoms with van der Waals surface area (Å²) >= 11 is 3.42. The van der Waals surface area contributed by atoms with Crippen LogP contribution in [0.2, 0.25) is 0 Å². The molecule has 0 aliphatic carbocycles. The van der Waals surface area contributed by atoms with Crippen molar-refractivity contribution in [2.45, 2.75) is 19.1 Å². The lowest BCUT2D eigenvalue weighted by Gasteiger charge is -2.26. The maximum Gasteiger partial charge on any atom is 0.407 e. The number of hydrogen-bond donors (Lipinski definition) is 1. The molecule has 114 valence electrons. The Morgan fingerprint density at radius 1 is 1.27 bits per heavy atom. The Bertz CT molecular complexity index is 660. The van der Waals surface area contributed by atoms with Crippen LogP contribution in [0, 0.1) is 0 Å². The molecule has 1 atom stereocenters. The first-order chi connectivity index (χ1) is 10.7. The molecule has 22 heavy (non-hydrogen) atoms. The van der Waals surface area contributed by atoms with Gasteiger partial charge in [0.2, 0.25) is 0 Å². The molecule has 0 spiro atoms. The summed E-state index contributed by atoms with van der Waals surface area (Å²) in [5.41, 5.74) is 2.05. The highest BCUT2D eigenvalue weighted by atomic mass is 79.9. The van der Waals surface area contributed by atoms with Crippen LogP contribution in [0.5, 0.6) is 5.75 Å². The molecule has 0 bridgehead atoms. The lowest BCUT2D eigenvalue weighted by molar-refractivity contribution is 0.128. The van der Waals surface area contributed by atoms with Gasteiger partial charge in [0.15, 0.2) is 0 Å². The third-order valence-corrected chi connectivity index (χ3v) is 3.96. The number of benzene rings is 2. The summed E-state index contributed by atoms with van der Waals surface area (Å²) in [6.45, 7) is 0.716. The first-order valence-corrected chi connectivity index (χ1v) is 7.88. The minimum atomic E-state index is -0.419. The molecule has 1 N–H and O–H groups in total. The fourth-order valence-corrected chi connectivity index (χ4v) is 2.71. The summed E-state index contributed by atoms with van der Waals surface area (Å²) in [5.74, 6) is 0.866. The van der Waals surface area contributed by atoms with Crippen molar-refractivity contribution in [3.63, 3.8) is 0 Å². The van der Waals surface area contributed by atoms with Crippen LogP contribution in [0.25, 0.3) is 0 Å². The third-order valence-electron chi connectivity index (χ3n) is 3.47. The van der Waals surface area contributed by atoms with E-state index in [1.807, 2.05) is 48.5 Å². The van der Waals surface area contributed by atoms with Crippen LogP contribution in [0.4, 0.5) is 4.79 Å². The van der Waals surface area contributed by atoms with Crippen LogP contribution in [0.3, 0.4) is 0 Å². The van der Waals surface area contributed by atoms with Gasteiger partial charge in [-0.3, -0.25) is 0 Å². The Hall–Kier alpha value is -2.01. The number of hydrogen-bond acceptors (Lipinski definition) is 3. The fourth-order valence-electron chi connectivity index (χ4n) is 2.37. The largest absolute Gasteiger partial charge is 0.491 e. The van der Waals surface area contributed by atoms with Crippen molar-refractivity contribution >= 4 is 22.0 Å². The van der Waals surface area contributed by atoms with Crippen LogP contribution in [-0.2, 0) is 17.8 Å². The minimum absolute atomic E-state index is 0.0723. The van der Waals surface area contributed by atoms with Gasteiger partial charge in [0.05, 0.1) is 6.04 Å². The van der Waals surface area contributed by atoms with Crippen LogP contribution in [-0.4, -0.2) is 18.7 Å². The Balaban J connectivity index is 1.51. The van der Waals surface area contributed by atoms with E-state index < -0.39 is 6.09 Å². The van der Waals surface area contributed by atoms with Gasteiger partial charge in [-0.25, -0.2) is 4.79 Å². The number of carbonyl (C=O) groups is 1. The second-order valence-electron chi connectivity index (χ2n) is 5.17. The van der Waals surface area contributed by atoms with E-state index in [1.165, 1.54) is 0 Å². The highest BCUT2D eigenvalue weighted by molar-refractivity contribution is 9.10. The van der Waals surface area contributed by atoms with Gasteiger partial charge in [0.25, 0.3) is 0 Å². The molecule has 5 heteroatoms. The second-order valence-corrected chi connectivity index (χ2v) is 6.09. The Morgan fingerprint density at radius 2 is 2.09 bits per heavy atom. The molecule has 0 aromatic heterocycles. The zero-order valence-corrected chi connectivity index (χ0v) is 13.5. The highest BCUT2D eigenvalue weighted by Crippen LogP contribution is 2.28. The summed E-state index contributed by atoms with van der Waals surface area (Å²) in [4.78, 5) is 11.9. The normalized spacial score (nSPS) is 16.3. The quantitative estimate of drug-likeness (QED) is 0.906. The van der Waals surface area contributed by atoms with Crippen LogP contribution in [0.15, 0.2) is 53.0 Å². The molecule has 1 heterocycles.